The maximum absolute atomic E-state index is 5.59. The fourth-order valence-electron chi connectivity index (χ4n) is 3.80. The van der Waals surface area contributed by atoms with Gasteiger partial charge in [0, 0.05) is 30.8 Å². The van der Waals surface area contributed by atoms with Crippen molar-refractivity contribution in [3.63, 3.8) is 0 Å². The fraction of sp³-hybridized carbons (Fsp3) is 0.286. The number of anilines is 2. The molecule has 0 saturated heterocycles. The van der Waals surface area contributed by atoms with Crippen LogP contribution >= 0.6 is 0 Å². The summed E-state index contributed by atoms with van der Waals surface area (Å²) < 4.78 is 7.35. The second kappa shape index (κ2) is 7.68. The first-order chi connectivity index (χ1) is 14.8. The highest BCUT2D eigenvalue weighted by molar-refractivity contribution is 5.55. The van der Waals surface area contributed by atoms with Crippen molar-refractivity contribution in [2.45, 2.75) is 31.2 Å². The molecule has 1 fully saturated rings. The Balaban J connectivity index is 1.38. The predicted molar refractivity (Wildman–Crippen MR) is 111 cm³/mol. The summed E-state index contributed by atoms with van der Waals surface area (Å²) in [5, 5.41) is 11.8. The van der Waals surface area contributed by atoms with E-state index in [1.165, 1.54) is 5.56 Å². The Labute approximate surface area is 173 Å². The molecule has 0 atom stereocenters. The normalized spacial score (nSPS) is 15.0. The van der Waals surface area contributed by atoms with Crippen molar-refractivity contribution >= 4 is 11.6 Å². The van der Waals surface area contributed by atoms with Gasteiger partial charge in [-0.25, -0.2) is 9.97 Å². The van der Waals surface area contributed by atoms with Gasteiger partial charge in [0.25, 0.3) is 5.89 Å². The van der Waals surface area contributed by atoms with Crippen LogP contribution in [0.25, 0.3) is 11.5 Å². The van der Waals surface area contributed by atoms with E-state index < -0.39 is 0 Å². The van der Waals surface area contributed by atoms with Crippen LogP contribution in [0.5, 0.6) is 0 Å². The molecule has 152 valence electrons. The van der Waals surface area contributed by atoms with Crippen molar-refractivity contribution in [3.05, 3.63) is 66.5 Å². The van der Waals surface area contributed by atoms with Gasteiger partial charge in [0.05, 0.1) is 23.7 Å². The quantitative estimate of drug-likeness (QED) is 0.484. The number of aromatic nitrogens is 6. The zero-order valence-corrected chi connectivity index (χ0v) is 16.4. The molecule has 0 bridgehead atoms. The van der Waals surface area contributed by atoms with E-state index >= 15 is 0 Å². The number of rotatable bonds is 7. The standard InChI is InChI=1S/C21H22N8O/c22-9-12-29-14-15(13-25-29)18-27-19(28-30-18)21(7-1-8-21)16-3-5-17(6-4-16)26-20-23-10-2-11-24-20/h2-6,10-11,13-14H,1,7-9,12,22H2,(H,23,24,26). The molecule has 9 heteroatoms. The Kier molecular flexibility index (Phi) is 4.72. The summed E-state index contributed by atoms with van der Waals surface area (Å²) in [6.07, 6.45) is 10.1. The second-order valence-corrected chi connectivity index (χ2v) is 7.41. The van der Waals surface area contributed by atoms with Crippen molar-refractivity contribution in [2.75, 3.05) is 11.9 Å². The first-order valence-corrected chi connectivity index (χ1v) is 9.98. The summed E-state index contributed by atoms with van der Waals surface area (Å²) in [7, 11) is 0. The molecule has 1 saturated carbocycles. The van der Waals surface area contributed by atoms with Crippen LogP contribution in [0.4, 0.5) is 11.6 Å². The lowest BCUT2D eigenvalue weighted by Crippen LogP contribution is -2.36. The van der Waals surface area contributed by atoms with Gasteiger partial charge in [-0.1, -0.05) is 23.7 Å². The molecule has 0 unspecified atom stereocenters. The number of nitrogens with one attached hydrogen (secondary N) is 1. The van der Waals surface area contributed by atoms with E-state index in [0.29, 0.717) is 24.9 Å². The molecular weight excluding hydrogens is 380 g/mol. The van der Waals surface area contributed by atoms with Gasteiger partial charge in [-0.2, -0.15) is 10.1 Å². The van der Waals surface area contributed by atoms with E-state index in [1.807, 2.05) is 18.3 Å². The molecular formula is C21H22N8O. The van der Waals surface area contributed by atoms with Gasteiger partial charge in [0.2, 0.25) is 5.95 Å². The molecule has 3 heterocycles. The number of hydrogen-bond donors (Lipinski definition) is 2. The molecule has 1 aliphatic carbocycles. The van der Waals surface area contributed by atoms with Crippen molar-refractivity contribution in [2.24, 2.45) is 5.73 Å². The topological polar surface area (TPSA) is 121 Å². The number of hydrogen-bond acceptors (Lipinski definition) is 8. The smallest absolute Gasteiger partial charge is 0.261 e. The lowest BCUT2D eigenvalue weighted by molar-refractivity contribution is 0.273. The summed E-state index contributed by atoms with van der Waals surface area (Å²) in [6, 6.07) is 10.1. The lowest BCUT2D eigenvalue weighted by Gasteiger charge is -2.39. The first-order valence-electron chi connectivity index (χ1n) is 9.98. The third-order valence-corrected chi connectivity index (χ3v) is 5.56. The van der Waals surface area contributed by atoms with Crippen molar-refractivity contribution in [3.8, 4) is 11.5 Å². The molecule has 3 N–H and O–H groups in total. The number of benzene rings is 1. The van der Waals surface area contributed by atoms with Crippen molar-refractivity contribution < 1.29 is 4.52 Å². The van der Waals surface area contributed by atoms with E-state index in [1.54, 1.807) is 29.3 Å². The van der Waals surface area contributed by atoms with Crippen LogP contribution in [0.1, 0.15) is 30.7 Å². The average Bonchev–Trinajstić information content (AvgIpc) is 3.40. The number of nitrogens with two attached hydrogens (primary N) is 1. The monoisotopic (exact) mass is 402 g/mol. The zero-order valence-electron chi connectivity index (χ0n) is 16.4. The Hall–Kier alpha value is -3.59. The lowest BCUT2D eigenvalue weighted by atomic mass is 9.64. The Morgan fingerprint density at radius 3 is 2.63 bits per heavy atom. The molecule has 0 aliphatic heterocycles. The largest absolute Gasteiger partial charge is 0.334 e. The summed E-state index contributed by atoms with van der Waals surface area (Å²) >= 11 is 0. The van der Waals surface area contributed by atoms with E-state index in [0.717, 1.165) is 36.3 Å². The maximum atomic E-state index is 5.59. The van der Waals surface area contributed by atoms with Crippen LogP contribution in [-0.4, -0.2) is 36.4 Å². The molecule has 0 spiro atoms. The van der Waals surface area contributed by atoms with Gasteiger partial charge in [0.1, 0.15) is 0 Å². The summed E-state index contributed by atoms with van der Waals surface area (Å²) in [6.45, 7) is 1.18. The molecule has 0 radical (unpaired) electrons. The van der Waals surface area contributed by atoms with E-state index in [2.05, 4.69) is 37.7 Å². The van der Waals surface area contributed by atoms with Gasteiger partial charge in [-0.3, -0.25) is 4.68 Å². The minimum atomic E-state index is -0.212. The van der Waals surface area contributed by atoms with Gasteiger partial charge in [-0.15, -0.1) is 0 Å². The Morgan fingerprint density at radius 1 is 1.13 bits per heavy atom. The van der Waals surface area contributed by atoms with Crippen LogP contribution in [0.2, 0.25) is 0 Å². The molecule has 4 aromatic rings. The minimum Gasteiger partial charge on any atom is -0.334 e. The van der Waals surface area contributed by atoms with E-state index in [4.69, 9.17) is 15.2 Å². The van der Waals surface area contributed by atoms with Crippen LogP contribution < -0.4 is 11.1 Å². The van der Waals surface area contributed by atoms with E-state index in [9.17, 15) is 0 Å². The van der Waals surface area contributed by atoms with Crippen molar-refractivity contribution in [1.29, 1.82) is 0 Å². The first kappa shape index (κ1) is 18.4. The summed E-state index contributed by atoms with van der Waals surface area (Å²) in [5.41, 5.74) is 8.29. The van der Waals surface area contributed by atoms with Gasteiger partial charge in [-0.05, 0) is 36.6 Å². The minimum absolute atomic E-state index is 0.212. The molecule has 1 aromatic carbocycles. The SMILES string of the molecule is NCCn1cc(-c2nc(C3(c4ccc(Nc5ncccn5)cc4)CCC3)no2)cn1. The molecule has 3 aromatic heterocycles. The zero-order chi connectivity index (χ0) is 20.4. The average molecular weight is 402 g/mol. The number of nitrogens with zero attached hydrogens (tertiary/aromatic N) is 6. The summed E-state index contributed by atoms with van der Waals surface area (Å²) in [5.74, 6) is 1.78. The molecule has 9 nitrogen and oxygen atoms in total. The highest BCUT2D eigenvalue weighted by atomic mass is 16.5. The Bertz CT molecular complexity index is 1120. The van der Waals surface area contributed by atoms with Crippen molar-refractivity contribution in [1.82, 2.24) is 29.9 Å². The Morgan fingerprint density at radius 2 is 1.93 bits per heavy atom. The van der Waals surface area contributed by atoms with Gasteiger partial charge >= 0.3 is 0 Å². The highest BCUT2D eigenvalue weighted by Crippen LogP contribution is 2.48. The maximum Gasteiger partial charge on any atom is 0.261 e. The highest BCUT2D eigenvalue weighted by Gasteiger charge is 2.44. The molecule has 5 rings (SSSR count). The van der Waals surface area contributed by atoms with Crippen LogP contribution in [0.15, 0.2) is 59.6 Å². The van der Waals surface area contributed by atoms with Gasteiger partial charge < -0.3 is 15.6 Å². The fourth-order valence-corrected chi connectivity index (χ4v) is 3.80. The predicted octanol–water partition coefficient (Wildman–Crippen LogP) is 2.90. The molecule has 0 amide bonds. The summed E-state index contributed by atoms with van der Waals surface area (Å²) in [4.78, 5) is 13.1. The molecule has 30 heavy (non-hydrogen) atoms. The molecule has 1 aliphatic rings. The van der Waals surface area contributed by atoms with Crippen LogP contribution in [0.3, 0.4) is 0 Å². The van der Waals surface area contributed by atoms with E-state index in [-0.39, 0.29) is 5.41 Å². The second-order valence-electron chi connectivity index (χ2n) is 7.41. The van der Waals surface area contributed by atoms with Gasteiger partial charge in [0.15, 0.2) is 5.82 Å². The third kappa shape index (κ3) is 3.33. The van der Waals surface area contributed by atoms with Crippen LogP contribution in [-0.2, 0) is 12.0 Å². The van der Waals surface area contributed by atoms with Crippen LogP contribution in [0, 0.1) is 0 Å². The third-order valence-electron chi connectivity index (χ3n) is 5.56.